The van der Waals surface area contributed by atoms with Gasteiger partial charge in [0.2, 0.25) is 0 Å². The van der Waals surface area contributed by atoms with Crippen LogP contribution in [0.3, 0.4) is 0 Å². The number of rotatable bonds is 2. The largest absolute Gasteiger partial charge is 0.322 e. The van der Waals surface area contributed by atoms with Gasteiger partial charge < -0.3 is 10.2 Å². The third kappa shape index (κ3) is 3.24. The van der Waals surface area contributed by atoms with Crippen molar-refractivity contribution in [3.05, 3.63) is 29.8 Å². The molecule has 2 fully saturated rings. The molecule has 1 saturated carbocycles. The number of carbonyl (C=O) groups excluding carboxylic acids is 1. The van der Waals surface area contributed by atoms with E-state index in [1.807, 2.05) is 11.0 Å². The maximum Gasteiger partial charge on any atom is 0.322 e. The minimum Gasteiger partial charge on any atom is -0.321 e. The summed E-state index contributed by atoms with van der Waals surface area (Å²) < 4.78 is 0. The zero-order chi connectivity index (χ0) is 15.4. The summed E-state index contributed by atoms with van der Waals surface area (Å²) in [6, 6.07) is 9.61. The Morgan fingerprint density at radius 3 is 2.77 bits per heavy atom. The number of amides is 2. The lowest BCUT2D eigenvalue weighted by Crippen LogP contribution is -2.43. The predicted octanol–water partition coefficient (Wildman–Crippen LogP) is 4.13. The molecule has 4 nitrogen and oxygen atoms in total. The summed E-state index contributed by atoms with van der Waals surface area (Å²) in [5.74, 6) is 0.674. The van der Waals surface area contributed by atoms with E-state index in [1.54, 1.807) is 18.2 Å². The van der Waals surface area contributed by atoms with Crippen LogP contribution in [-0.2, 0) is 0 Å². The Hall–Kier alpha value is -2.02. The molecule has 3 rings (SSSR count). The van der Waals surface area contributed by atoms with Crippen LogP contribution < -0.4 is 5.32 Å². The predicted molar refractivity (Wildman–Crippen MR) is 86.5 cm³/mol. The molecule has 1 heterocycles. The average molecular weight is 297 g/mol. The number of benzene rings is 1. The van der Waals surface area contributed by atoms with E-state index in [4.69, 9.17) is 5.26 Å². The fourth-order valence-corrected chi connectivity index (χ4v) is 3.92. The van der Waals surface area contributed by atoms with E-state index in [9.17, 15) is 4.79 Å². The lowest BCUT2D eigenvalue weighted by Gasteiger charge is -2.34. The van der Waals surface area contributed by atoms with Gasteiger partial charge in [0.1, 0.15) is 0 Å². The highest BCUT2D eigenvalue weighted by atomic mass is 16.2. The molecule has 1 aromatic rings. The Bertz CT molecular complexity index is 572. The van der Waals surface area contributed by atoms with E-state index in [1.165, 1.54) is 32.1 Å². The van der Waals surface area contributed by atoms with Crippen LogP contribution in [0.5, 0.6) is 0 Å². The molecule has 1 saturated heterocycles. The molecule has 0 spiro atoms. The summed E-state index contributed by atoms with van der Waals surface area (Å²) in [6.07, 6.45) is 8.72. The lowest BCUT2D eigenvalue weighted by atomic mass is 9.83. The van der Waals surface area contributed by atoms with Gasteiger partial charge in [0.25, 0.3) is 0 Å². The van der Waals surface area contributed by atoms with Crippen molar-refractivity contribution in [1.82, 2.24) is 4.90 Å². The van der Waals surface area contributed by atoms with Gasteiger partial charge in [-0.25, -0.2) is 4.79 Å². The minimum atomic E-state index is -0.0110. The Morgan fingerprint density at radius 2 is 2.00 bits per heavy atom. The van der Waals surface area contributed by atoms with Crippen LogP contribution in [-0.4, -0.2) is 23.5 Å². The minimum absolute atomic E-state index is 0.0110. The molecule has 1 aromatic carbocycles. The summed E-state index contributed by atoms with van der Waals surface area (Å²) in [5, 5.41) is 11.9. The molecule has 0 radical (unpaired) electrons. The molecule has 22 heavy (non-hydrogen) atoms. The van der Waals surface area contributed by atoms with Gasteiger partial charge in [0, 0.05) is 18.3 Å². The zero-order valence-electron chi connectivity index (χ0n) is 12.9. The van der Waals surface area contributed by atoms with Crippen molar-refractivity contribution >= 4 is 11.7 Å². The summed E-state index contributed by atoms with van der Waals surface area (Å²) in [4.78, 5) is 14.6. The Balaban J connectivity index is 1.66. The third-order valence-electron chi connectivity index (χ3n) is 5.00. The summed E-state index contributed by atoms with van der Waals surface area (Å²) >= 11 is 0. The van der Waals surface area contributed by atoms with Gasteiger partial charge in [-0.3, -0.25) is 0 Å². The van der Waals surface area contributed by atoms with Crippen LogP contribution in [0, 0.1) is 17.2 Å². The summed E-state index contributed by atoms with van der Waals surface area (Å²) in [6.45, 7) is 0.852. The normalized spacial score (nSPS) is 22.3. The fourth-order valence-electron chi connectivity index (χ4n) is 3.92. The molecule has 1 unspecified atom stereocenters. The van der Waals surface area contributed by atoms with Crippen LogP contribution in [0.4, 0.5) is 10.5 Å². The van der Waals surface area contributed by atoms with Gasteiger partial charge in [-0.1, -0.05) is 25.3 Å². The van der Waals surface area contributed by atoms with Crippen LogP contribution in [0.1, 0.15) is 50.5 Å². The van der Waals surface area contributed by atoms with Crippen molar-refractivity contribution in [2.75, 3.05) is 11.9 Å². The topological polar surface area (TPSA) is 56.1 Å². The highest BCUT2D eigenvalue weighted by Crippen LogP contribution is 2.34. The number of nitrogens with zero attached hydrogens (tertiary/aromatic N) is 2. The van der Waals surface area contributed by atoms with Crippen molar-refractivity contribution in [2.24, 2.45) is 5.92 Å². The third-order valence-corrected chi connectivity index (χ3v) is 5.00. The van der Waals surface area contributed by atoms with Crippen LogP contribution in [0.2, 0.25) is 0 Å². The monoisotopic (exact) mass is 297 g/mol. The first-order valence-corrected chi connectivity index (χ1v) is 8.36. The lowest BCUT2D eigenvalue weighted by molar-refractivity contribution is 0.166. The van der Waals surface area contributed by atoms with E-state index < -0.39 is 0 Å². The second kappa shape index (κ2) is 6.83. The number of hydrogen-bond acceptors (Lipinski definition) is 2. The average Bonchev–Trinajstić information content (AvgIpc) is 3.05. The summed E-state index contributed by atoms with van der Waals surface area (Å²) in [7, 11) is 0. The van der Waals surface area contributed by atoms with Gasteiger partial charge >= 0.3 is 6.03 Å². The van der Waals surface area contributed by atoms with Crippen molar-refractivity contribution < 1.29 is 4.79 Å². The molecule has 1 atom stereocenters. The number of urea groups is 1. The van der Waals surface area contributed by atoms with E-state index >= 15 is 0 Å². The molecule has 1 aliphatic carbocycles. The SMILES string of the molecule is N#Cc1cccc(NC(=O)N2CCCC2C2CCCCC2)c1. The van der Waals surface area contributed by atoms with E-state index in [2.05, 4.69) is 11.4 Å². The molecule has 116 valence electrons. The van der Waals surface area contributed by atoms with Gasteiger partial charge in [-0.2, -0.15) is 5.26 Å². The maximum absolute atomic E-state index is 12.6. The van der Waals surface area contributed by atoms with Gasteiger partial charge in [0.05, 0.1) is 11.6 Å². The van der Waals surface area contributed by atoms with Crippen LogP contribution in [0.25, 0.3) is 0 Å². The Morgan fingerprint density at radius 1 is 1.18 bits per heavy atom. The highest BCUT2D eigenvalue weighted by molar-refractivity contribution is 5.89. The molecule has 1 N–H and O–H groups in total. The van der Waals surface area contributed by atoms with Gasteiger partial charge in [0.15, 0.2) is 0 Å². The fraction of sp³-hybridized carbons (Fsp3) is 0.556. The van der Waals surface area contributed by atoms with E-state index in [-0.39, 0.29) is 6.03 Å². The molecule has 0 aromatic heterocycles. The Labute approximate surface area is 132 Å². The number of carbonyl (C=O) groups is 1. The van der Waals surface area contributed by atoms with Gasteiger partial charge in [-0.05, 0) is 49.8 Å². The summed E-state index contributed by atoms with van der Waals surface area (Å²) in [5.41, 5.74) is 1.28. The maximum atomic E-state index is 12.6. The molecular weight excluding hydrogens is 274 g/mol. The standard InChI is InChI=1S/C18H23N3O/c19-13-14-6-4-9-16(12-14)20-18(22)21-11-5-10-17(21)15-7-2-1-3-8-15/h4,6,9,12,15,17H,1-3,5,7-8,10-11H2,(H,20,22). The van der Waals surface area contributed by atoms with Crippen molar-refractivity contribution in [3.8, 4) is 6.07 Å². The molecule has 2 amide bonds. The van der Waals surface area contributed by atoms with Crippen molar-refractivity contribution in [2.45, 2.75) is 51.0 Å². The quantitative estimate of drug-likeness (QED) is 0.892. The number of hydrogen-bond donors (Lipinski definition) is 1. The second-order valence-electron chi connectivity index (χ2n) is 6.42. The van der Waals surface area contributed by atoms with E-state index in [0.717, 1.165) is 19.4 Å². The number of nitrogens with one attached hydrogen (secondary N) is 1. The Kier molecular flexibility index (Phi) is 4.62. The molecule has 1 aliphatic heterocycles. The highest BCUT2D eigenvalue weighted by Gasteiger charge is 2.35. The van der Waals surface area contributed by atoms with Crippen LogP contribution >= 0.6 is 0 Å². The molecule has 0 bridgehead atoms. The first-order valence-electron chi connectivity index (χ1n) is 8.36. The van der Waals surface area contributed by atoms with Crippen molar-refractivity contribution in [1.29, 1.82) is 5.26 Å². The molecule has 2 aliphatic rings. The zero-order valence-corrected chi connectivity index (χ0v) is 12.9. The first-order chi connectivity index (χ1) is 10.8. The van der Waals surface area contributed by atoms with Crippen molar-refractivity contribution in [3.63, 3.8) is 0 Å². The smallest absolute Gasteiger partial charge is 0.321 e. The number of likely N-dealkylation sites (tertiary alicyclic amines) is 1. The number of anilines is 1. The number of nitriles is 1. The first kappa shape index (κ1) is 14.9. The molecule has 4 heteroatoms. The second-order valence-corrected chi connectivity index (χ2v) is 6.42. The molecular formula is C18H23N3O. The van der Waals surface area contributed by atoms with Crippen LogP contribution in [0.15, 0.2) is 24.3 Å². The van der Waals surface area contributed by atoms with E-state index in [0.29, 0.717) is 23.2 Å². The van der Waals surface area contributed by atoms with Gasteiger partial charge in [-0.15, -0.1) is 0 Å².